The number of hydrogen-bond donors (Lipinski definition) is 1. The second-order valence-electron chi connectivity index (χ2n) is 4.53. The monoisotopic (exact) mass is 234 g/mol. The maximum atomic E-state index is 11.0. The van der Waals surface area contributed by atoms with Crippen LogP contribution in [0.15, 0.2) is 12.7 Å². The van der Waals surface area contributed by atoms with Gasteiger partial charge in [0.05, 0.1) is 20.6 Å². The van der Waals surface area contributed by atoms with Crippen molar-refractivity contribution in [1.29, 1.82) is 0 Å². The van der Waals surface area contributed by atoms with E-state index < -0.39 is 0 Å². The van der Waals surface area contributed by atoms with Gasteiger partial charge in [-0.2, -0.15) is 0 Å². The van der Waals surface area contributed by atoms with Gasteiger partial charge in [-0.3, -0.25) is 4.79 Å². The van der Waals surface area contributed by atoms with Crippen molar-refractivity contribution >= 4 is 5.91 Å². The van der Waals surface area contributed by atoms with Crippen LogP contribution in [-0.4, -0.2) is 37.7 Å². The van der Waals surface area contributed by atoms with Crippen LogP contribution in [0, 0.1) is 5.92 Å². The fraction of sp³-hybridized carbons (Fsp3) is 0.727. The van der Waals surface area contributed by atoms with Crippen LogP contribution in [-0.2, 0) is 4.79 Å². The standard InChI is InChI=1S/C11H22N2O.ClH/c1-6-10(3)8-13(4,5)9-12-11(14)7-2;/h7,10H,2,6,8-9H2,1,3-5H3;1H. The molecule has 1 atom stereocenters. The van der Waals surface area contributed by atoms with Crippen LogP contribution in [0.4, 0.5) is 0 Å². The number of carbonyl (C=O) groups excluding carboxylic acids is 1. The van der Waals surface area contributed by atoms with Crippen LogP contribution in [0.3, 0.4) is 0 Å². The van der Waals surface area contributed by atoms with E-state index in [0.29, 0.717) is 12.6 Å². The third-order valence-corrected chi connectivity index (χ3v) is 2.37. The maximum Gasteiger partial charge on any atom is 0.247 e. The lowest BCUT2D eigenvalue weighted by Crippen LogP contribution is -3.00. The SMILES string of the molecule is C=CC(=O)NC[N+](C)(C)CC(C)CC.[Cl-]. The fourth-order valence-electron chi connectivity index (χ4n) is 1.40. The van der Waals surface area contributed by atoms with Crippen LogP contribution in [0.2, 0.25) is 0 Å². The molecule has 0 aromatic heterocycles. The Morgan fingerprint density at radius 1 is 1.53 bits per heavy atom. The number of nitrogens with one attached hydrogen (secondary N) is 1. The largest absolute Gasteiger partial charge is 1.00 e. The Hall–Kier alpha value is -0.540. The van der Waals surface area contributed by atoms with Crippen molar-refractivity contribution in [2.24, 2.45) is 5.92 Å². The van der Waals surface area contributed by atoms with Gasteiger partial charge in [-0.15, -0.1) is 0 Å². The van der Waals surface area contributed by atoms with Crippen LogP contribution >= 0.6 is 0 Å². The van der Waals surface area contributed by atoms with Crippen LogP contribution in [0.25, 0.3) is 0 Å². The summed E-state index contributed by atoms with van der Waals surface area (Å²) < 4.78 is 0.814. The lowest BCUT2D eigenvalue weighted by Gasteiger charge is -2.31. The zero-order valence-corrected chi connectivity index (χ0v) is 11.0. The molecule has 0 aliphatic carbocycles. The summed E-state index contributed by atoms with van der Waals surface area (Å²) in [6.07, 6.45) is 2.49. The molecular weight excluding hydrogens is 212 g/mol. The van der Waals surface area contributed by atoms with E-state index in [1.165, 1.54) is 12.5 Å². The molecule has 0 rings (SSSR count). The van der Waals surface area contributed by atoms with Gasteiger partial charge in [0.15, 0.2) is 6.67 Å². The first-order valence-electron chi connectivity index (χ1n) is 5.13. The average molecular weight is 235 g/mol. The topological polar surface area (TPSA) is 29.1 Å². The summed E-state index contributed by atoms with van der Waals surface area (Å²) in [5.74, 6) is 0.589. The van der Waals surface area contributed by atoms with Crippen molar-refractivity contribution < 1.29 is 21.7 Å². The van der Waals surface area contributed by atoms with E-state index in [1.807, 2.05) is 0 Å². The highest BCUT2D eigenvalue weighted by Gasteiger charge is 2.18. The second-order valence-corrected chi connectivity index (χ2v) is 4.53. The van der Waals surface area contributed by atoms with E-state index in [-0.39, 0.29) is 18.3 Å². The molecule has 0 aromatic rings. The van der Waals surface area contributed by atoms with Gasteiger partial charge >= 0.3 is 0 Å². The van der Waals surface area contributed by atoms with E-state index in [2.05, 4.69) is 39.8 Å². The summed E-state index contributed by atoms with van der Waals surface area (Å²) in [6, 6.07) is 0. The highest BCUT2D eigenvalue weighted by atomic mass is 35.5. The first-order valence-corrected chi connectivity index (χ1v) is 5.13. The fourth-order valence-corrected chi connectivity index (χ4v) is 1.40. The number of quaternary nitrogens is 1. The number of halogens is 1. The summed E-state index contributed by atoms with van der Waals surface area (Å²) >= 11 is 0. The van der Waals surface area contributed by atoms with Gasteiger partial charge in [0.2, 0.25) is 5.91 Å². The van der Waals surface area contributed by atoms with Gasteiger partial charge in [0.25, 0.3) is 0 Å². The summed E-state index contributed by atoms with van der Waals surface area (Å²) in [5, 5.41) is 2.82. The Morgan fingerprint density at radius 2 is 2.07 bits per heavy atom. The van der Waals surface area contributed by atoms with Crippen LogP contribution < -0.4 is 17.7 Å². The lowest BCUT2D eigenvalue weighted by atomic mass is 10.1. The molecule has 1 amide bonds. The number of nitrogens with zero attached hydrogens (tertiary/aromatic N) is 1. The maximum absolute atomic E-state index is 11.0. The number of carbonyl (C=O) groups is 1. The Kier molecular flexibility index (Phi) is 8.68. The van der Waals surface area contributed by atoms with E-state index in [4.69, 9.17) is 0 Å². The molecule has 0 fully saturated rings. The molecule has 0 saturated heterocycles. The molecule has 90 valence electrons. The van der Waals surface area contributed by atoms with Gasteiger partial charge in [-0.05, 0) is 12.5 Å². The lowest BCUT2D eigenvalue weighted by molar-refractivity contribution is -0.895. The average Bonchev–Trinajstić information content (AvgIpc) is 2.13. The third kappa shape index (κ3) is 8.45. The number of rotatable bonds is 6. The minimum atomic E-state index is -0.0969. The highest BCUT2D eigenvalue weighted by Crippen LogP contribution is 2.07. The molecule has 0 aliphatic rings. The molecule has 0 spiro atoms. The van der Waals surface area contributed by atoms with E-state index in [0.717, 1.165) is 11.0 Å². The van der Waals surface area contributed by atoms with E-state index in [1.54, 1.807) is 0 Å². The Balaban J connectivity index is 0. The van der Waals surface area contributed by atoms with Crippen molar-refractivity contribution in [2.45, 2.75) is 20.3 Å². The van der Waals surface area contributed by atoms with E-state index >= 15 is 0 Å². The van der Waals surface area contributed by atoms with Crippen molar-refractivity contribution in [3.63, 3.8) is 0 Å². The Bertz CT molecular complexity index is 205. The quantitative estimate of drug-likeness (QED) is 0.334. The van der Waals surface area contributed by atoms with Gasteiger partial charge in [-0.1, -0.05) is 20.4 Å². The Labute approximate surface area is 99.5 Å². The highest BCUT2D eigenvalue weighted by molar-refractivity contribution is 5.86. The normalized spacial score (nSPS) is 12.5. The third-order valence-electron chi connectivity index (χ3n) is 2.37. The molecule has 4 heteroatoms. The van der Waals surface area contributed by atoms with E-state index in [9.17, 15) is 4.79 Å². The molecule has 1 N–H and O–H groups in total. The summed E-state index contributed by atoms with van der Waals surface area (Å²) in [4.78, 5) is 11.0. The zero-order valence-electron chi connectivity index (χ0n) is 10.2. The van der Waals surface area contributed by atoms with Gasteiger partial charge < -0.3 is 22.2 Å². The first-order chi connectivity index (χ1) is 6.41. The minimum absolute atomic E-state index is 0. The molecule has 3 nitrogen and oxygen atoms in total. The molecule has 1 unspecified atom stereocenters. The zero-order chi connectivity index (χ0) is 11.2. The summed E-state index contributed by atoms with van der Waals surface area (Å²) in [5.41, 5.74) is 0. The predicted molar refractivity (Wildman–Crippen MR) is 59.6 cm³/mol. The molecule has 0 heterocycles. The Morgan fingerprint density at radius 3 is 2.47 bits per heavy atom. The minimum Gasteiger partial charge on any atom is -1.00 e. The summed E-state index contributed by atoms with van der Waals surface area (Å²) in [6.45, 7) is 9.58. The first kappa shape index (κ1) is 16.9. The smallest absolute Gasteiger partial charge is 0.247 e. The van der Waals surface area contributed by atoms with Gasteiger partial charge in [0.1, 0.15) is 0 Å². The predicted octanol–water partition coefficient (Wildman–Crippen LogP) is -1.63. The van der Waals surface area contributed by atoms with Crippen molar-refractivity contribution in [2.75, 3.05) is 27.3 Å². The molecule has 15 heavy (non-hydrogen) atoms. The van der Waals surface area contributed by atoms with Gasteiger partial charge in [-0.25, -0.2) is 0 Å². The van der Waals surface area contributed by atoms with Gasteiger partial charge in [0, 0.05) is 5.92 Å². The van der Waals surface area contributed by atoms with Crippen molar-refractivity contribution in [3.05, 3.63) is 12.7 Å². The molecule has 0 aliphatic heterocycles. The molecule has 0 bridgehead atoms. The molecule has 0 aromatic carbocycles. The molecule has 0 saturated carbocycles. The van der Waals surface area contributed by atoms with Crippen molar-refractivity contribution in [3.8, 4) is 0 Å². The van der Waals surface area contributed by atoms with Crippen LogP contribution in [0.5, 0.6) is 0 Å². The number of amides is 1. The summed E-state index contributed by atoms with van der Waals surface area (Å²) in [7, 11) is 4.24. The molecule has 0 radical (unpaired) electrons. The molecular formula is C11H23ClN2O. The second kappa shape index (κ2) is 7.71. The van der Waals surface area contributed by atoms with Crippen molar-refractivity contribution in [1.82, 2.24) is 5.32 Å². The number of hydrogen-bond acceptors (Lipinski definition) is 1. The van der Waals surface area contributed by atoms with Crippen LogP contribution in [0.1, 0.15) is 20.3 Å².